The van der Waals surface area contributed by atoms with E-state index in [4.69, 9.17) is 0 Å². The van der Waals surface area contributed by atoms with Crippen LogP contribution in [0.5, 0.6) is 0 Å². The molecule has 1 atom stereocenters. The zero-order valence-corrected chi connectivity index (χ0v) is 12.7. The molecule has 0 aromatic carbocycles. The minimum absolute atomic E-state index is 0.261. The van der Waals surface area contributed by atoms with Gasteiger partial charge in [-0.05, 0) is 36.4 Å². The smallest absolute Gasteiger partial charge is 0.0445 e. The molecule has 0 saturated heterocycles. The Bertz CT molecular complexity index is 493. The Morgan fingerprint density at radius 3 is 2.72 bits per heavy atom. The Hall–Kier alpha value is -0.860. The van der Waals surface area contributed by atoms with Gasteiger partial charge in [0.15, 0.2) is 0 Å². The Kier molecular flexibility index (Phi) is 4.41. The number of thiophene rings is 2. The minimum atomic E-state index is 0.261. The molecule has 0 amide bonds. The monoisotopic (exact) mass is 276 g/mol. The molecule has 0 nitrogen and oxygen atoms in total. The Morgan fingerprint density at radius 1 is 1.28 bits per heavy atom. The van der Waals surface area contributed by atoms with E-state index in [1.807, 2.05) is 22.7 Å². The predicted molar refractivity (Wildman–Crippen MR) is 84.7 cm³/mol. The van der Waals surface area contributed by atoms with Crippen molar-refractivity contribution in [2.75, 3.05) is 0 Å². The molecule has 0 bridgehead atoms. The minimum Gasteiger partial charge on any atom is -0.143 e. The van der Waals surface area contributed by atoms with Crippen LogP contribution in [0.3, 0.4) is 0 Å². The summed E-state index contributed by atoms with van der Waals surface area (Å²) in [7, 11) is 0. The van der Waals surface area contributed by atoms with E-state index in [9.17, 15) is 0 Å². The van der Waals surface area contributed by atoms with E-state index >= 15 is 0 Å². The maximum Gasteiger partial charge on any atom is 0.0445 e. The fourth-order valence-electron chi connectivity index (χ4n) is 2.41. The lowest BCUT2D eigenvalue weighted by atomic mass is 9.81. The Balaban J connectivity index is 2.29. The van der Waals surface area contributed by atoms with Gasteiger partial charge in [-0.2, -0.15) is 0 Å². The van der Waals surface area contributed by atoms with E-state index in [0.29, 0.717) is 0 Å². The van der Waals surface area contributed by atoms with Crippen LogP contribution in [0.25, 0.3) is 9.75 Å². The van der Waals surface area contributed by atoms with Crippen LogP contribution < -0.4 is 0 Å². The van der Waals surface area contributed by atoms with Crippen molar-refractivity contribution >= 4 is 22.7 Å². The van der Waals surface area contributed by atoms with Crippen LogP contribution in [0.15, 0.2) is 42.3 Å². The highest BCUT2D eigenvalue weighted by atomic mass is 32.1. The van der Waals surface area contributed by atoms with Crippen LogP contribution in [0, 0.1) is 0 Å². The molecular weight excluding hydrogens is 256 g/mol. The lowest BCUT2D eigenvalue weighted by Crippen LogP contribution is -2.19. The maximum absolute atomic E-state index is 3.92. The molecule has 0 saturated carbocycles. The summed E-state index contributed by atoms with van der Waals surface area (Å²) >= 11 is 3.76. The van der Waals surface area contributed by atoms with Gasteiger partial charge in [-0.3, -0.25) is 0 Å². The average molecular weight is 276 g/mol. The molecule has 2 aromatic heterocycles. The lowest BCUT2D eigenvalue weighted by molar-refractivity contribution is 0.442. The fourth-order valence-corrected chi connectivity index (χ4v) is 4.43. The molecule has 0 radical (unpaired) electrons. The van der Waals surface area contributed by atoms with Crippen LogP contribution in [-0.2, 0) is 5.41 Å². The fraction of sp³-hybridized carbons (Fsp3) is 0.375. The molecule has 2 heteroatoms. The lowest BCUT2D eigenvalue weighted by Gasteiger charge is -2.26. The summed E-state index contributed by atoms with van der Waals surface area (Å²) in [5.74, 6) is 0. The third-order valence-corrected chi connectivity index (χ3v) is 5.82. The van der Waals surface area contributed by atoms with Crippen LogP contribution in [-0.4, -0.2) is 0 Å². The highest BCUT2D eigenvalue weighted by Crippen LogP contribution is 2.41. The van der Waals surface area contributed by atoms with Crippen molar-refractivity contribution in [3.8, 4) is 9.75 Å². The van der Waals surface area contributed by atoms with Crippen molar-refractivity contribution in [3.05, 3.63) is 47.2 Å². The van der Waals surface area contributed by atoms with Gasteiger partial charge in [0.1, 0.15) is 0 Å². The third kappa shape index (κ3) is 2.76. The molecule has 0 aliphatic heterocycles. The Morgan fingerprint density at radius 2 is 2.11 bits per heavy atom. The zero-order valence-electron chi connectivity index (χ0n) is 11.1. The maximum atomic E-state index is 3.92. The SMILES string of the molecule is C=CCC(C)(CCC)c1ccc(-c2cccs2)s1. The van der Waals surface area contributed by atoms with Gasteiger partial charge in [0, 0.05) is 20.0 Å². The second kappa shape index (κ2) is 5.85. The van der Waals surface area contributed by atoms with Crippen molar-refractivity contribution < 1.29 is 0 Å². The molecular formula is C16H20S2. The summed E-state index contributed by atoms with van der Waals surface area (Å²) < 4.78 is 0. The number of hydrogen-bond acceptors (Lipinski definition) is 2. The van der Waals surface area contributed by atoms with E-state index in [1.54, 1.807) is 0 Å². The van der Waals surface area contributed by atoms with Gasteiger partial charge < -0.3 is 0 Å². The molecule has 0 N–H and O–H groups in total. The molecule has 2 heterocycles. The van der Waals surface area contributed by atoms with E-state index < -0.39 is 0 Å². The second-order valence-corrected chi connectivity index (χ2v) is 6.98. The van der Waals surface area contributed by atoms with Gasteiger partial charge in [-0.25, -0.2) is 0 Å². The van der Waals surface area contributed by atoms with Crippen molar-refractivity contribution in [2.24, 2.45) is 0 Å². The van der Waals surface area contributed by atoms with Gasteiger partial charge in [-0.15, -0.1) is 29.3 Å². The van der Waals surface area contributed by atoms with Gasteiger partial charge in [-0.1, -0.05) is 32.4 Å². The first-order valence-corrected chi connectivity index (χ1v) is 8.14. The summed E-state index contributed by atoms with van der Waals surface area (Å²) in [5, 5.41) is 2.14. The Labute approximate surface area is 118 Å². The van der Waals surface area contributed by atoms with Gasteiger partial charge in [0.2, 0.25) is 0 Å². The quantitative estimate of drug-likeness (QED) is 0.558. The van der Waals surface area contributed by atoms with Crippen LogP contribution in [0.2, 0.25) is 0 Å². The summed E-state index contributed by atoms with van der Waals surface area (Å²) in [6.07, 6.45) is 5.56. The van der Waals surface area contributed by atoms with Crippen molar-refractivity contribution in [1.82, 2.24) is 0 Å². The molecule has 2 rings (SSSR count). The number of rotatable bonds is 6. The molecule has 0 aliphatic rings. The highest BCUT2D eigenvalue weighted by Gasteiger charge is 2.26. The van der Waals surface area contributed by atoms with E-state index in [0.717, 1.165) is 6.42 Å². The highest BCUT2D eigenvalue weighted by molar-refractivity contribution is 7.21. The van der Waals surface area contributed by atoms with Gasteiger partial charge >= 0.3 is 0 Å². The normalized spacial score (nSPS) is 14.3. The first kappa shape index (κ1) is 13.6. The summed E-state index contributed by atoms with van der Waals surface area (Å²) in [4.78, 5) is 4.27. The third-order valence-electron chi connectivity index (χ3n) is 3.36. The number of hydrogen-bond donors (Lipinski definition) is 0. The van der Waals surface area contributed by atoms with Crippen LogP contribution in [0.4, 0.5) is 0 Å². The first-order valence-electron chi connectivity index (χ1n) is 6.44. The molecule has 18 heavy (non-hydrogen) atoms. The molecule has 1 unspecified atom stereocenters. The molecule has 96 valence electrons. The van der Waals surface area contributed by atoms with E-state index in [1.165, 1.54) is 27.5 Å². The average Bonchev–Trinajstić information content (AvgIpc) is 3.01. The van der Waals surface area contributed by atoms with Crippen molar-refractivity contribution in [3.63, 3.8) is 0 Å². The van der Waals surface area contributed by atoms with Crippen molar-refractivity contribution in [2.45, 2.75) is 38.5 Å². The topological polar surface area (TPSA) is 0 Å². The van der Waals surface area contributed by atoms with E-state index in [-0.39, 0.29) is 5.41 Å². The predicted octanol–water partition coefficient (Wildman–Crippen LogP) is 6.11. The van der Waals surface area contributed by atoms with E-state index in [2.05, 4.69) is 56.1 Å². The summed E-state index contributed by atoms with van der Waals surface area (Å²) in [6.45, 7) is 8.54. The first-order chi connectivity index (χ1) is 8.69. The zero-order chi connectivity index (χ0) is 13.0. The van der Waals surface area contributed by atoms with Gasteiger partial charge in [0.25, 0.3) is 0 Å². The largest absolute Gasteiger partial charge is 0.143 e. The van der Waals surface area contributed by atoms with Crippen LogP contribution in [0.1, 0.15) is 38.0 Å². The second-order valence-electron chi connectivity index (χ2n) is 4.94. The molecule has 0 fully saturated rings. The molecule has 0 spiro atoms. The molecule has 2 aromatic rings. The summed E-state index contributed by atoms with van der Waals surface area (Å²) in [5.41, 5.74) is 0.261. The summed E-state index contributed by atoms with van der Waals surface area (Å²) in [6, 6.07) is 8.89. The molecule has 0 aliphatic carbocycles. The van der Waals surface area contributed by atoms with Crippen molar-refractivity contribution in [1.29, 1.82) is 0 Å². The number of allylic oxidation sites excluding steroid dienone is 1. The standard InChI is InChI=1S/C16H20S2/c1-4-10-16(3,11-5-2)15-9-8-14(18-15)13-7-6-12-17-13/h4,6-9,12H,1,5,10-11H2,2-3H3. The van der Waals surface area contributed by atoms with Gasteiger partial charge in [0.05, 0.1) is 0 Å². The van der Waals surface area contributed by atoms with Crippen LogP contribution >= 0.6 is 22.7 Å².